The number of aliphatic carboxylic acids is 1. The third-order valence-electron chi connectivity index (χ3n) is 4.67. The van der Waals surface area contributed by atoms with Gasteiger partial charge in [-0.25, -0.2) is 9.59 Å². The van der Waals surface area contributed by atoms with E-state index in [1.165, 1.54) is 14.2 Å². The standard InChI is InChI=1S/C19H26N2O6/c1-12-8-15(17(22)23)11-21(10-12)19(25)20-7-6-13-4-5-14(18(24)27-3)9-16(13)26-2/h4-5,9,12,15H,6-8,10-11H2,1-3H3,(H,20,25)(H,22,23). The van der Waals surface area contributed by atoms with E-state index in [1.54, 1.807) is 23.1 Å². The Hall–Kier alpha value is -2.77. The van der Waals surface area contributed by atoms with E-state index in [4.69, 9.17) is 9.47 Å². The van der Waals surface area contributed by atoms with Gasteiger partial charge in [-0.05, 0) is 36.5 Å². The number of carbonyl (C=O) groups excluding carboxylic acids is 2. The maximum absolute atomic E-state index is 12.4. The Kier molecular flexibility index (Phi) is 7.04. The highest BCUT2D eigenvalue weighted by Gasteiger charge is 2.31. The lowest BCUT2D eigenvalue weighted by Crippen LogP contribution is -2.49. The van der Waals surface area contributed by atoms with Crippen molar-refractivity contribution in [3.05, 3.63) is 29.3 Å². The molecule has 2 amide bonds. The number of ether oxygens (including phenoxy) is 2. The van der Waals surface area contributed by atoms with Gasteiger partial charge in [0.15, 0.2) is 0 Å². The largest absolute Gasteiger partial charge is 0.496 e. The quantitative estimate of drug-likeness (QED) is 0.731. The normalized spacial score (nSPS) is 19.3. The summed E-state index contributed by atoms with van der Waals surface area (Å²) in [6, 6.07) is 4.75. The SMILES string of the molecule is COC(=O)c1ccc(CCNC(=O)N2CC(C)CC(C(=O)O)C2)c(OC)c1. The first-order valence-electron chi connectivity index (χ1n) is 8.86. The molecular formula is C19H26N2O6. The second-order valence-corrected chi connectivity index (χ2v) is 6.78. The summed E-state index contributed by atoms with van der Waals surface area (Å²) >= 11 is 0. The van der Waals surface area contributed by atoms with Crippen LogP contribution in [-0.4, -0.2) is 61.8 Å². The summed E-state index contributed by atoms with van der Waals surface area (Å²) in [5, 5.41) is 12.0. The minimum atomic E-state index is -0.866. The number of likely N-dealkylation sites (tertiary alicyclic amines) is 1. The minimum Gasteiger partial charge on any atom is -0.496 e. The number of hydrogen-bond acceptors (Lipinski definition) is 5. The third-order valence-corrected chi connectivity index (χ3v) is 4.67. The molecule has 0 spiro atoms. The van der Waals surface area contributed by atoms with E-state index in [9.17, 15) is 19.5 Å². The number of esters is 1. The summed E-state index contributed by atoms with van der Waals surface area (Å²) < 4.78 is 10.0. The zero-order valence-corrected chi connectivity index (χ0v) is 15.9. The molecule has 2 atom stereocenters. The lowest BCUT2D eigenvalue weighted by molar-refractivity contribution is -0.143. The van der Waals surface area contributed by atoms with E-state index in [2.05, 4.69) is 5.32 Å². The Bertz CT molecular complexity index is 705. The van der Waals surface area contributed by atoms with Crippen molar-refractivity contribution in [2.45, 2.75) is 19.8 Å². The number of piperidine rings is 1. The lowest BCUT2D eigenvalue weighted by Gasteiger charge is -2.34. The summed E-state index contributed by atoms with van der Waals surface area (Å²) in [6.45, 7) is 3.09. The van der Waals surface area contributed by atoms with Gasteiger partial charge in [0.2, 0.25) is 0 Å². The molecule has 0 bridgehead atoms. The number of carboxylic acid groups (broad SMARTS) is 1. The van der Waals surface area contributed by atoms with Crippen molar-refractivity contribution >= 4 is 18.0 Å². The van der Waals surface area contributed by atoms with Gasteiger partial charge < -0.3 is 24.8 Å². The number of methoxy groups -OCH3 is 2. The molecule has 0 aliphatic carbocycles. The monoisotopic (exact) mass is 378 g/mol. The van der Waals surface area contributed by atoms with Crippen LogP contribution in [0.15, 0.2) is 18.2 Å². The van der Waals surface area contributed by atoms with E-state index in [0.717, 1.165) is 5.56 Å². The van der Waals surface area contributed by atoms with Gasteiger partial charge in [-0.1, -0.05) is 13.0 Å². The maximum Gasteiger partial charge on any atom is 0.337 e. The van der Waals surface area contributed by atoms with Gasteiger partial charge in [0, 0.05) is 19.6 Å². The summed E-state index contributed by atoms with van der Waals surface area (Å²) in [5.41, 5.74) is 1.24. The number of rotatable bonds is 6. The average molecular weight is 378 g/mol. The van der Waals surface area contributed by atoms with Crippen molar-refractivity contribution in [2.75, 3.05) is 33.9 Å². The zero-order valence-electron chi connectivity index (χ0n) is 15.9. The molecule has 1 heterocycles. The topological polar surface area (TPSA) is 105 Å². The van der Waals surface area contributed by atoms with Crippen LogP contribution < -0.4 is 10.1 Å². The molecule has 2 unspecified atom stereocenters. The van der Waals surface area contributed by atoms with Gasteiger partial charge in [-0.15, -0.1) is 0 Å². The second-order valence-electron chi connectivity index (χ2n) is 6.78. The molecule has 1 fully saturated rings. The number of hydrogen-bond donors (Lipinski definition) is 2. The molecule has 0 saturated carbocycles. The molecule has 2 rings (SSSR count). The fraction of sp³-hybridized carbons (Fsp3) is 0.526. The number of urea groups is 1. The molecule has 1 saturated heterocycles. The van der Waals surface area contributed by atoms with Gasteiger partial charge in [0.05, 0.1) is 25.7 Å². The van der Waals surface area contributed by atoms with Gasteiger partial charge in [0.25, 0.3) is 0 Å². The molecule has 27 heavy (non-hydrogen) atoms. The van der Waals surface area contributed by atoms with Crippen molar-refractivity contribution in [1.29, 1.82) is 0 Å². The predicted molar refractivity (Wildman–Crippen MR) is 97.9 cm³/mol. The summed E-state index contributed by atoms with van der Waals surface area (Å²) in [6.07, 6.45) is 1.10. The van der Waals surface area contributed by atoms with Gasteiger partial charge in [-0.2, -0.15) is 0 Å². The first-order chi connectivity index (χ1) is 12.8. The Morgan fingerprint density at radius 1 is 1.26 bits per heavy atom. The smallest absolute Gasteiger partial charge is 0.337 e. The van der Waals surface area contributed by atoms with E-state index in [-0.39, 0.29) is 18.5 Å². The van der Waals surface area contributed by atoms with E-state index < -0.39 is 17.9 Å². The highest BCUT2D eigenvalue weighted by atomic mass is 16.5. The predicted octanol–water partition coefficient (Wildman–Crippen LogP) is 1.78. The van der Waals surface area contributed by atoms with Crippen LogP contribution in [0.5, 0.6) is 5.75 Å². The Morgan fingerprint density at radius 3 is 2.63 bits per heavy atom. The number of carbonyl (C=O) groups is 3. The number of nitrogens with one attached hydrogen (secondary N) is 1. The van der Waals surface area contributed by atoms with Crippen LogP contribution in [0.3, 0.4) is 0 Å². The Morgan fingerprint density at radius 2 is 2.00 bits per heavy atom. The molecule has 1 aliphatic rings. The molecule has 0 radical (unpaired) electrons. The van der Waals surface area contributed by atoms with E-state index in [0.29, 0.717) is 37.2 Å². The van der Waals surface area contributed by atoms with Crippen molar-refractivity contribution in [3.63, 3.8) is 0 Å². The lowest BCUT2D eigenvalue weighted by atomic mass is 9.91. The molecule has 1 aromatic carbocycles. The summed E-state index contributed by atoms with van der Waals surface area (Å²) in [4.78, 5) is 36.7. The molecule has 2 N–H and O–H groups in total. The van der Waals surface area contributed by atoms with Crippen molar-refractivity contribution in [3.8, 4) is 5.75 Å². The highest BCUT2D eigenvalue weighted by molar-refractivity contribution is 5.89. The van der Waals surface area contributed by atoms with E-state index >= 15 is 0 Å². The van der Waals surface area contributed by atoms with Crippen molar-refractivity contribution < 1.29 is 29.0 Å². The fourth-order valence-corrected chi connectivity index (χ4v) is 3.31. The average Bonchev–Trinajstić information content (AvgIpc) is 2.66. The van der Waals surface area contributed by atoms with Crippen molar-refractivity contribution in [1.82, 2.24) is 10.2 Å². The molecule has 0 aromatic heterocycles. The molecular weight excluding hydrogens is 352 g/mol. The van der Waals surface area contributed by atoms with E-state index in [1.807, 2.05) is 6.92 Å². The highest BCUT2D eigenvalue weighted by Crippen LogP contribution is 2.23. The van der Waals surface area contributed by atoms with Gasteiger partial charge in [0.1, 0.15) is 5.75 Å². The van der Waals surface area contributed by atoms with Crippen LogP contribution in [0, 0.1) is 11.8 Å². The van der Waals surface area contributed by atoms with Gasteiger partial charge in [-0.3, -0.25) is 4.79 Å². The first kappa shape index (κ1) is 20.5. The fourth-order valence-electron chi connectivity index (χ4n) is 3.31. The Labute approximate surface area is 158 Å². The summed E-state index contributed by atoms with van der Waals surface area (Å²) in [7, 11) is 2.83. The minimum absolute atomic E-state index is 0.150. The van der Waals surface area contributed by atoms with Gasteiger partial charge >= 0.3 is 18.0 Å². The third kappa shape index (κ3) is 5.35. The first-order valence-corrected chi connectivity index (χ1v) is 8.86. The molecule has 8 heteroatoms. The number of nitrogens with zero attached hydrogens (tertiary/aromatic N) is 1. The summed E-state index contributed by atoms with van der Waals surface area (Å²) in [5.74, 6) is -1.14. The zero-order chi connectivity index (χ0) is 20.0. The second kappa shape index (κ2) is 9.25. The molecule has 8 nitrogen and oxygen atoms in total. The van der Waals surface area contributed by atoms with Crippen LogP contribution >= 0.6 is 0 Å². The molecule has 148 valence electrons. The molecule has 1 aliphatic heterocycles. The van der Waals surface area contributed by atoms with Crippen LogP contribution in [0.1, 0.15) is 29.3 Å². The Balaban J connectivity index is 1.92. The van der Waals surface area contributed by atoms with Crippen LogP contribution in [-0.2, 0) is 16.0 Å². The van der Waals surface area contributed by atoms with Crippen LogP contribution in [0.4, 0.5) is 4.79 Å². The number of benzene rings is 1. The van der Waals surface area contributed by atoms with Crippen LogP contribution in [0.25, 0.3) is 0 Å². The van der Waals surface area contributed by atoms with Crippen molar-refractivity contribution in [2.24, 2.45) is 11.8 Å². The molecule has 1 aromatic rings. The number of amides is 2. The van der Waals surface area contributed by atoms with Crippen LogP contribution in [0.2, 0.25) is 0 Å². The number of carboxylic acids is 1. The maximum atomic E-state index is 12.4.